The van der Waals surface area contributed by atoms with Crippen molar-refractivity contribution in [3.8, 4) is 0 Å². The quantitative estimate of drug-likeness (QED) is 0.838. The van der Waals surface area contributed by atoms with Gasteiger partial charge >= 0.3 is 0 Å². The first kappa shape index (κ1) is 12.1. The third kappa shape index (κ3) is 3.05. The molecule has 1 heterocycles. The van der Waals surface area contributed by atoms with Gasteiger partial charge in [0.15, 0.2) is 0 Å². The van der Waals surface area contributed by atoms with Crippen LogP contribution >= 0.6 is 15.9 Å². The van der Waals surface area contributed by atoms with E-state index < -0.39 is 0 Å². The van der Waals surface area contributed by atoms with E-state index in [9.17, 15) is 0 Å². The predicted molar refractivity (Wildman–Crippen MR) is 70.6 cm³/mol. The van der Waals surface area contributed by atoms with Crippen LogP contribution in [0.1, 0.15) is 37.2 Å². The van der Waals surface area contributed by atoms with E-state index >= 15 is 0 Å². The normalized spacial score (nSPS) is 24.1. The van der Waals surface area contributed by atoms with Crippen molar-refractivity contribution in [3.63, 3.8) is 0 Å². The zero-order chi connectivity index (χ0) is 11.4. The maximum Gasteiger partial charge on any atom is 0.0410 e. The van der Waals surface area contributed by atoms with Gasteiger partial charge in [0.1, 0.15) is 0 Å². The van der Waals surface area contributed by atoms with Crippen LogP contribution in [0, 0.1) is 5.92 Å². The molecule has 0 unspecified atom stereocenters. The van der Waals surface area contributed by atoms with Gasteiger partial charge in [0.25, 0.3) is 0 Å². The van der Waals surface area contributed by atoms with Crippen LogP contribution in [0.25, 0.3) is 0 Å². The van der Waals surface area contributed by atoms with Crippen LogP contribution in [0.4, 0.5) is 0 Å². The molecule has 1 aliphatic carbocycles. The average molecular weight is 283 g/mol. The second-order valence-electron chi connectivity index (χ2n) is 4.72. The number of hydrogen-bond donors (Lipinski definition) is 1. The molecule has 1 saturated carbocycles. The first-order valence-electron chi connectivity index (χ1n) is 6.04. The molecule has 1 fully saturated rings. The second-order valence-corrected chi connectivity index (χ2v) is 5.63. The molecule has 0 saturated heterocycles. The Morgan fingerprint density at radius 2 is 2.25 bits per heavy atom. The fourth-order valence-electron chi connectivity index (χ4n) is 2.46. The fraction of sp³-hybridized carbons (Fsp3) is 0.615. The molecule has 1 N–H and O–H groups in total. The lowest BCUT2D eigenvalue weighted by Gasteiger charge is -2.35. The van der Waals surface area contributed by atoms with E-state index in [1.54, 1.807) is 0 Å². The lowest BCUT2D eigenvalue weighted by atomic mass is 9.70. The van der Waals surface area contributed by atoms with E-state index in [1.165, 1.54) is 31.2 Å². The van der Waals surface area contributed by atoms with E-state index in [2.05, 4.69) is 32.3 Å². The Kier molecular flexibility index (Phi) is 4.36. The summed E-state index contributed by atoms with van der Waals surface area (Å²) in [6.45, 7) is 1.15. The van der Waals surface area contributed by atoms with Gasteiger partial charge in [0.05, 0.1) is 0 Å². The first-order chi connectivity index (χ1) is 7.79. The Labute approximate surface area is 106 Å². The number of aromatic nitrogens is 1. The van der Waals surface area contributed by atoms with Crippen LogP contribution in [0.15, 0.2) is 22.9 Å². The number of halogens is 1. The van der Waals surface area contributed by atoms with E-state index in [4.69, 9.17) is 0 Å². The summed E-state index contributed by atoms with van der Waals surface area (Å²) in [7, 11) is 2.02. The highest BCUT2D eigenvalue weighted by Gasteiger charge is 2.29. The summed E-state index contributed by atoms with van der Waals surface area (Å²) < 4.78 is 1.10. The Balaban J connectivity index is 1.75. The van der Waals surface area contributed by atoms with Gasteiger partial charge in [0.2, 0.25) is 0 Å². The molecular weight excluding hydrogens is 264 g/mol. The highest BCUT2D eigenvalue weighted by Crippen LogP contribution is 2.43. The summed E-state index contributed by atoms with van der Waals surface area (Å²) in [5.74, 6) is 1.70. The number of rotatable bonds is 5. The van der Waals surface area contributed by atoms with Crippen molar-refractivity contribution in [1.29, 1.82) is 0 Å². The van der Waals surface area contributed by atoms with Crippen LogP contribution in [-0.2, 0) is 0 Å². The van der Waals surface area contributed by atoms with Gasteiger partial charge in [-0.1, -0.05) is 0 Å². The Bertz CT molecular complexity index is 334. The summed E-state index contributed by atoms with van der Waals surface area (Å²) in [6, 6.07) is 2.21. The molecule has 0 amide bonds. The standard InChI is InChI=1S/C13H19BrN2/c1-15-4-2-3-10-5-11(6-10)12-7-13(14)9-16-8-12/h7-11,15H,2-6H2,1H3. The zero-order valence-corrected chi connectivity index (χ0v) is 11.3. The molecule has 3 heteroatoms. The summed E-state index contributed by atoms with van der Waals surface area (Å²) in [4.78, 5) is 4.23. The molecule has 0 aromatic carbocycles. The van der Waals surface area contributed by atoms with Crippen molar-refractivity contribution in [1.82, 2.24) is 10.3 Å². The minimum atomic E-state index is 0.754. The van der Waals surface area contributed by atoms with Gasteiger partial charge in [-0.15, -0.1) is 0 Å². The molecule has 2 rings (SSSR count). The van der Waals surface area contributed by atoms with Gasteiger partial charge in [0, 0.05) is 16.9 Å². The smallest absolute Gasteiger partial charge is 0.0410 e. The van der Waals surface area contributed by atoms with Crippen LogP contribution in [-0.4, -0.2) is 18.6 Å². The van der Waals surface area contributed by atoms with E-state index in [0.717, 1.165) is 22.9 Å². The average Bonchev–Trinajstić information content (AvgIpc) is 2.21. The molecule has 0 spiro atoms. The van der Waals surface area contributed by atoms with Crippen LogP contribution in [0.5, 0.6) is 0 Å². The summed E-state index contributed by atoms with van der Waals surface area (Å²) in [6.07, 6.45) is 9.25. The largest absolute Gasteiger partial charge is 0.320 e. The van der Waals surface area contributed by atoms with Crippen molar-refractivity contribution in [2.24, 2.45) is 5.92 Å². The number of hydrogen-bond acceptors (Lipinski definition) is 2. The lowest BCUT2D eigenvalue weighted by molar-refractivity contribution is 0.243. The van der Waals surface area contributed by atoms with E-state index in [-0.39, 0.29) is 0 Å². The molecule has 0 aliphatic heterocycles. The third-order valence-corrected chi connectivity index (χ3v) is 3.91. The van der Waals surface area contributed by atoms with E-state index in [0.29, 0.717) is 0 Å². The molecule has 1 aliphatic rings. The molecule has 2 nitrogen and oxygen atoms in total. The zero-order valence-electron chi connectivity index (χ0n) is 9.75. The predicted octanol–water partition coefficient (Wildman–Crippen LogP) is 3.34. The van der Waals surface area contributed by atoms with Crippen molar-refractivity contribution >= 4 is 15.9 Å². The highest BCUT2D eigenvalue weighted by molar-refractivity contribution is 9.10. The lowest BCUT2D eigenvalue weighted by Crippen LogP contribution is -2.23. The molecule has 0 atom stereocenters. The molecule has 1 aromatic heterocycles. The molecule has 0 radical (unpaired) electrons. The number of pyridine rings is 1. The van der Waals surface area contributed by atoms with Crippen LogP contribution in [0.2, 0.25) is 0 Å². The maximum absolute atomic E-state index is 4.23. The topological polar surface area (TPSA) is 24.9 Å². The van der Waals surface area contributed by atoms with Crippen molar-refractivity contribution < 1.29 is 0 Å². The van der Waals surface area contributed by atoms with E-state index in [1.807, 2.05) is 19.4 Å². The summed E-state index contributed by atoms with van der Waals surface area (Å²) in [5, 5.41) is 3.21. The van der Waals surface area contributed by atoms with Crippen LogP contribution in [0.3, 0.4) is 0 Å². The molecular formula is C13H19BrN2. The monoisotopic (exact) mass is 282 g/mol. The van der Waals surface area contributed by atoms with Crippen LogP contribution < -0.4 is 5.32 Å². The molecule has 1 aromatic rings. The minimum Gasteiger partial charge on any atom is -0.320 e. The number of nitrogens with one attached hydrogen (secondary N) is 1. The fourth-order valence-corrected chi connectivity index (χ4v) is 2.85. The summed E-state index contributed by atoms with van der Waals surface area (Å²) in [5.41, 5.74) is 1.40. The third-order valence-electron chi connectivity index (χ3n) is 3.47. The van der Waals surface area contributed by atoms with Gasteiger partial charge in [-0.25, -0.2) is 0 Å². The number of nitrogens with zero attached hydrogens (tertiary/aromatic N) is 1. The van der Waals surface area contributed by atoms with Gasteiger partial charge in [-0.2, -0.15) is 0 Å². The summed E-state index contributed by atoms with van der Waals surface area (Å²) >= 11 is 3.48. The maximum atomic E-state index is 4.23. The van der Waals surface area contributed by atoms with Gasteiger partial charge in [-0.05, 0) is 78.7 Å². The second kappa shape index (κ2) is 5.78. The van der Waals surface area contributed by atoms with Crippen molar-refractivity contribution in [2.45, 2.75) is 31.6 Å². The van der Waals surface area contributed by atoms with Gasteiger partial charge < -0.3 is 5.32 Å². The Morgan fingerprint density at radius 3 is 2.94 bits per heavy atom. The first-order valence-corrected chi connectivity index (χ1v) is 6.84. The SMILES string of the molecule is CNCCCC1CC(c2cncc(Br)c2)C1. The molecule has 16 heavy (non-hydrogen) atoms. The Morgan fingerprint density at radius 1 is 1.44 bits per heavy atom. The molecule has 0 bridgehead atoms. The van der Waals surface area contributed by atoms with Crippen molar-refractivity contribution in [2.75, 3.05) is 13.6 Å². The highest BCUT2D eigenvalue weighted by atomic mass is 79.9. The minimum absolute atomic E-state index is 0.754. The van der Waals surface area contributed by atoms with Crippen molar-refractivity contribution in [3.05, 3.63) is 28.5 Å². The Hall–Kier alpha value is -0.410. The van der Waals surface area contributed by atoms with Gasteiger partial charge in [-0.3, -0.25) is 4.98 Å². The molecule has 88 valence electrons.